The van der Waals surface area contributed by atoms with Gasteiger partial charge in [-0.25, -0.2) is 4.98 Å². The number of pyridine rings is 1. The van der Waals surface area contributed by atoms with Crippen LogP contribution in [0.1, 0.15) is 5.69 Å². The zero-order chi connectivity index (χ0) is 17.6. The van der Waals surface area contributed by atoms with Gasteiger partial charge in [0.15, 0.2) is 5.69 Å². The average molecular weight is 337 g/mol. The van der Waals surface area contributed by atoms with Crippen LogP contribution in [-0.4, -0.2) is 18.5 Å². The fourth-order valence-electron chi connectivity index (χ4n) is 1.61. The Morgan fingerprint density at radius 2 is 2.04 bits per heavy atom. The fraction of sp³-hybridized carbons (Fsp3) is 0.143. The molecule has 124 valence electrons. The van der Waals surface area contributed by atoms with E-state index in [1.54, 1.807) is 0 Å². The molecule has 0 saturated carbocycles. The largest absolute Gasteiger partial charge is 0.573 e. The standard InChI is InChI=1S/C14H10F3N5O2/c1-23-13-6-5-11(12(8-18)19-13)21-22-20-9-3-2-4-10(7-9)24-14(15,16)17/h2-7H,1H3,(H,20,21). The van der Waals surface area contributed by atoms with Crippen molar-refractivity contribution in [1.82, 2.24) is 4.98 Å². The van der Waals surface area contributed by atoms with Gasteiger partial charge in [-0.3, -0.25) is 5.43 Å². The van der Waals surface area contributed by atoms with Gasteiger partial charge in [-0.1, -0.05) is 11.3 Å². The normalized spacial score (nSPS) is 11.1. The molecule has 1 aromatic heterocycles. The number of nitrogens with one attached hydrogen (secondary N) is 1. The molecule has 1 N–H and O–H groups in total. The van der Waals surface area contributed by atoms with Crippen LogP contribution < -0.4 is 14.9 Å². The maximum atomic E-state index is 12.2. The van der Waals surface area contributed by atoms with Crippen LogP contribution in [-0.2, 0) is 0 Å². The molecule has 1 heterocycles. The Bertz CT molecular complexity index is 787. The third kappa shape index (κ3) is 4.84. The number of anilines is 1. The maximum Gasteiger partial charge on any atom is 0.573 e. The van der Waals surface area contributed by atoms with E-state index in [9.17, 15) is 13.2 Å². The van der Waals surface area contributed by atoms with Crippen molar-refractivity contribution in [3.63, 3.8) is 0 Å². The molecule has 0 unspecified atom stereocenters. The van der Waals surface area contributed by atoms with Crippen LogP contribution in [0.2, 0.25) is 0 Å². The van der Waals surface area contributed by atoms with Crippen LogP contribution in [0, 0.1) is 11.3 Å². The van der Waals surface area contributed by atoms with Crippen LogP contribution in [0.5, 0.6) is 11.6 Å². The monoisotopic (exact) mass is 337 g/mol. The first-order valence-corrected chi connectivity index (χ1v) is 6.39. The first kappa shape index (κ1) is 17.0. The number of nitriles is 1. The first-order chi connectivity index (χ1) is 11.4. The molecule has 10 heteroatoms. The Balaban J connectivity index is 2.10. The lowest BCUT2D eigenvalue weighted by Crippen LogP contribution is -2.17. The predicted molar refractivity (Wildman–Crippen MR) is 76.8 cm³/mol. The highest BCUT2D eigenvalue weighted by atomic mass is 19.4. The topological polar surface area (TPSA) is 91.9 Å². The summed E-state index contributed by atoms with van der Waals surface area (Å²) in [7, 11) is 1.41. The third-order valence-electron chi connectivity index (χ3n) is 2.57. The zero-order valence-electron chi connectivity index (χ0n) is 12.2. The van der Waals surface area contributed by atoms with Gasteiger partial charge in [-0.2, -0.15) is 5.26 Å². The van der Waals surface area contributed by atoms with Gasteiger partial charge in [0.05, 0.1) is 12.8 Å². The Morgan fingerprint density at radius 1 is 1.25 bits per heavy atom. The average Bonchev–Trinajstić information content (AvgIpc) is 2.54. The smallest absolute Gasteiger partial charge is 0.481 e. The lowest BCUT2D eigenvalue weighted by Gasteiger charge is -2.09. The number of benzene rings is 1. The van der Waals surface area contributed by atoms with Crippen molar-refractivity contribution in [3.05, 3.63) is 42.1 Å². The summed E-state index contributed by atoms with van der Waals surface area (Å²) < 4.78 is 45.2. The van der Waals surface area contributed by atoms with Crippen LogP contribution in [0.4, 0.5) is 24.5 Å². The summed E-state index contributed by atoms with van der Waals surface area (Å²) in [5.74, 6) is -0.151. The highest BCUT2D eigenvalue weighted by Crippen LogP contribution is 2.25. The highest BCUT2D eigenvalue weighted by Gasteiger charge is 2.31. The van der Waals surface area contributed by atoms with Crippen LogP contribution in [0.15, 0.2) is 46.7 Å². The second-order valence-electron chi connectivity index (χ2n) is 4.22. The lowest BCUT2D eigenvalue weighted by atomic mass is 10.3. The minimum absolute atomic E-state index is 0.00550. The number of rotatable bonds is 5. The van der Waals surface area contributed by atoms with Crippen molar-refractivity contribution < 1.29 is 22.6 Å². The quantitative estimate of drug-likeness (QED) is 0.658. The van der Waals surface area contributed by atoms with E-state index in [0.717, 1.165) is 12.1 Å². The second kappa shape index (κ2) is 7.28. The lowest BCUT2D eigenvalue weighted by molar-refractivity contribution is -0.274. The number of aromatic nitrogens is 1. The Morgan fingerprint density at radius 3 is 2.71 bits per heavy atom. The maximum absolute atomic E-state index is 12.2. The van der Waals surface area contributed by atoms with Gasteiger partial charge < -0.3 is 9.47 Å². The molecule has 0 aliphatic carbocycles. The molecule has 0 aliphatic rings. The van der Waals surface area contributed by atoms with Gasteiger partial charge in [0.2, 0.25) is 5.88 Å². The van der Waals surface area contributed by atoms with Gasteiger partial charge in [-0.15, -0.1) is 18.3 Å². The molecule has 2 rings (SSSR count). The molecule has 0 bridgehead atoms. The molecular formula is C14H10F3N5O2. The van der Waals surface area contributed by atoms with Gasteiger partial charge >= 0.3 is 6.36 Å². The summed E-state index contributed by atoms with van der Waals surface area (Å²) in [6.07, 6.45) is -4.78. The minimum atomic E-state index is -4.78. The van der Waals surface area contributed by atoms with E-state index in [-0.39, 0.29) is 22.9 Å². The van der Waals surface area contributed by atoms with Crippen molar-refractivity contribution >= 4 is 11.4 Å². The fourth-order valence-corrected chi connectivity index (χ4v) is 1.61. The molecule has 7 nitrogen and oxygen atoms in total. The number of halogens is 3. The van der Waals surface area contributed by atoms with Crippen molar-refractivity contribution in [1.29, 1.82) is 5.26 Å². The molecule has 24 heavy (non-hydrogen) atoms. The van der Waals surface area contributed by atoms with E-state index in [0.29, 0.717) is 0 Å². The van der Waals surface area contributed by atoms with Crippen molar-refractivity contribution in [2.24, 2.45) is 10.3 Å². The van der Waals surface area contributed by atoms with Crippen LogP contribution in [0.25, 0.3) is 0 Å². The van der Waals surface area contributed by atoms with Crippen molar-refractivity contribution in [3.8, 4) is 17.7 Å². The number of hydrogen-bond acceptors (Lipinski definition) is 6. The van der Waals surface area contributed by atoms with Crippen molar-refractivity contribution in [2.75, 3.05) is 12.5 Å². The Labute approximate surface area is 134 Å². The van der Waals surface area contributed by atoms with Crippen LogP contribution in [0.3, 0.4) is 0 Å². The highest BCUT2D eigenvalue weighted by molar-refractivity contribution is 5.50. The first-order valence-electron chi connectivity index (χ1n) is 6.39. The molecule has 2 aromatic rings. The summed E-state index contributed by atoms with van der Waals surface area (Å²) in [4.78, 5) is 3.88. The van der Waals surface area contributed by atoms with E-state index in [4.69, 9.17) is 10.00 Å². The molecule has 0 amide bonds. The molecule has 0 aliphatic heterocycles. The number of methoxy groups -OCH3 is 1. The van der Waals surface area contributed by atoms with E-state index in [2.05, 4.69) is 25.5 Å². The van der Waals surface area contributed by atoms with Gasteiger partial charge in [0, 0.05) is 12.1 Å². The van der Waals surface area contributed by atoms with Crippen LogP contribution >= 0.6 is 0 Å². The third-order valence-corrected chi connectivity index (χ3v) is 2.57. The number of hydrogen-bond donors (Lipinski definition) is 1. The van der Waals surface area contributed by atoms with Crippen molar-refractivity contribution in [2.45, 2.75) is 6.36 Å². The van der Waals surface area contributed by atoms with Gasteiger partial charge in [-0.05, 0) is 18.2 Å². The summed E-state index contributed by atoms with van der Waals surface area (Å²) in [5.41, 5.74) is 2.83. The minimum Gasteiger partial charge on any atom is -0.481 e. The SMILES string of the molecule is COc1ccc(N=NNc2cccc(OC(F)(F)F)c2)c(C#N)n1. The van der Waals surface area contributed by atoms with E-state index in [1.807, 2.05) is 6.07 Å². The Kier molecular flexibility index (Phi) is 5.16. The summed E-state index contributed by atoms with van der Waals surface area (Å²) in [6.45, 7) is 0. The Hall–Kier alpha value is -3.35. The van der Waals surface area contributed by atoms with E-state index >= 15 is 0 Å². The van der Waals surface area contributed by atoms with E-state index < -0.39 is 12.1 Å². The molecule has 1 aromatic carbocycles. The summed E-state index contributed by atoms with van der Waals surface area (Å²) in [6, 6.07) is 9.88. The predicted octanol–water partition coefficient (Wildman–Crippen LogP) is 3.97. The van der Waals surface area contributed by atoms with E-state index in [1.165, 1.54) is 31.4 Å². The number of alkyl halides is 3. The molecule has 0 spiro atoms. The molecule has 0 fully saturated rings. The number of nitrogens with zero attached hydrogens (tertiary/aromatic N) is 4. The van der Waals surface area contributed by atoms with Gasteiger partial charge in [0.25, 0.3) is 0 Å². The molecular weight excluding hydrogens is 327 g/mol. The number of ether oxygens (including phenoxy) is 2. The molecule has 0 atom stereocenters. The summed E-state index contributed by atoms with van der Waals surface area (Å²) in [5, 5.41) is 16.4. The summed E-state index contributed by atoms with van der Waals surface area (Å²) >= 11 is 0. The molecule has 0 radical (unpaired) electrons. The second-order valence-corrected chi connectivity index (χ2v) is 4.22. The van der Waals surface area contributed by atoms with Gasteiger partial charge in [0.1, 0.15) is 17.5 Å². The zero-order valence-corrected chi connectivity index (χ0v) is 12.2. The molecule has 0 saturated heterocycles.